The zero-order valence-electron chi connectivity index (χ0n) is 13.2. The molecule has 0 aliphatic heterocycles. The van der Waals surface area contributed by atoms with Gasteiger partial charge >= 0.3 is 5.97 Å². The van der Waals surface area contributed by atoms with Crippen LogP contribution in [0.3, 0.4) is 0 Å². The van der Waals surface area contributed by atoms with Gasteiger partial charge in [0.25, 0.3) is 0 Å². The molecule has 2 aromatic carbocycles. The monoisotopic (exact) mass is 389 g/mol. The number of aliphatic carboxylic acids is 1. The number of hydrogen-bond donors (Lipinski definition) is 2. The standard InChI is InChI=1S/C18H16BrNO4/c1-23-15-7-12(13(19)9-16(15)24-2)18-11(8-17(21)22)10-5-3-4-6-14(10)20-18/h3-7,9,20H,8H2,1-2H3,(H,21,22). The molecule has 1 aromatic heterocycles. The summed E-state index contributed by atoms with van der Waals surface area (Å²) in [4.78, 5) is 14.7. The molecule has 0 fully saturated rings. The first-order valence-electron chi connectivity index (χ1n) is 7.28. The maximum atomic E-state index is 11.3. The van der Waals surface area contributed by atoms with Crippen LogP contribution < -0.4 is 9.47 Å². The quantitative estimate of drug-likeness (QED) is 0.684. The van der Waals surface area contributed by atoms with E-state index in [-0.39, 0.29) is 6.42 Å². The van der Waals surface area contributed by atoms with Crippen LogP contribution in [0, 0.1) is 0 Å². The summed E-state index contributed by atoms with van der Waals surface area (Å²) in [6, 6.07) is 11.3. The molecule has 0 aliphatic rings. The molecule has 0 radical (unpaired) electrons. The van der Waals surface area contributed by atoms with Gasteiger partial charge in [-0.25, -0.2) is 0 Å². The predicted molar refractivity (Wildman–Crippen MR) is 95.9 cm³/mol. The Labute approximate surface area is 147 Å². The highest BCUT2D eigenvalue weighted by atomic mass is 79.9. The van der Waals surface area contributed by atoms with Gasteiger partial charge in [-0.05, 0) is 39.7 Å². The summed E-state index contributed by atoms with van der Waals surface area (Å²) in [5.41, 5.74) is 3.21. The number of carboxylic acid groups (broad SMARTS) is 1. The summed E-state index contributed by atoms with van der Waals surface area (Å²) in [6.07, 6.45) is -0.0693. The van der Waals surface area contributed by atoms with E-state index < -0.39 is 5.97 Å². The van der Waals surface area contributed by atoms with Crippen molar-refractivity contribution >= 4 is 32.8 Å². The van der Waals surface area contributed by atoms with Crippen molar-refractivity contribution in [1.29, 1.82) is 0 Å². The lowest BCUT2D eigenvalue weighted by Crippen LogP contribution is -2.01. The van der Waals surface area contributed by atoms with Crippen LogP contribution in [0.1, 0.15) is 5.56 Å². The van der Waals surface area contributed by atoms with E-state index in [9.17, 15) is 9.90 Å². The number of rotatable bonds is 5. The van der Waals surface area contributed by atoms with E-state index in [0.717, 1.165) is 32.2 Å². The highest BCUT2D eigenvalue weighted by molar-refractivity contribution is 9.10. The molecule has 0 unspecified atom stereocenters. The average Bonchev–Trinajstić information content (AvgIpc) is 2.92. The summed E-state index contributed by atoms with van der Waals surface area (Å²) < 4.78 is 11.5. The Kier molecular flexibility index (Phi) is 4.49. The number of benzene rings is 2. The molecule has 2 N–H and O–H groups in total. The molecular formula is C18H16BrNO4. The number of H-pyrrole nitrogens is 1. The number of aromatic nitrogens is 1. The lowest BCUT2D eigenvalue weighted by molar-refractivity contribution is -0.136. The molecule has 0 saturated heterocycles. The molecule has 0 amide bonds. The summed E-state index contributed by atoms with van der Waals surface area (Å²) in [6.45, 7) is 0. The van der Waals surface area contributed by atoms with Crippen molar-refractivity contribution in [2.75, 3.05) is 14.2 Å². The molecule has 0 saturated carbocycles. The minimum Gasteiger partial charge on any atom is -0.493 e. The second-order valence-corrected chi connectivity index (χ2v) is 6.14. The summed E-state index contributed by atoms with van der Waals surface area (Å²) in [5, 5.41) is 10.2. The number of nitrogens with one attached hydrogen (secondary N) is 1. The third-order valence-corrected chi connectivity index (χ3v) is 4.54. The minimum absolute atomic E-state index is 0.0693. The van der Waals surface area contributed by atoms with Gasteiger partial charge in [0.1, 0.15) is 0 Å². The molecule has 0 spiro atoms. The maximum Gasteiger partial charge on any atom is 0.307 e. The molecule has 0 atom stereocenters. The first-order chi connectivity index (χ1) is 11.5. The van der Waals surface area contributed by atoms with Gasteiger partial charge in [0, 0.05) is 20.9 Å². The van der Waals surface area contributed by atoms with Crippen LogP contribution in [0.15, 0.2) is 40.9 Å². The van der Waals surface area contributed by atoms with Crippen molar-refractivity contribution in [3.05, 3.63) is 46.4 Å². The van der Waals surface area contributed by atoms with Crippen molar-refractivity contribution in [2.24, 2.45) is 0 Å². The van der Waals surface area contributed by atoms with Crippen LogP contribution >= 0.6 is 15.9 Å². The van der Waals surface area contributed by atoms with Gasteiger partial charge in [0.05, 0.1) is 26.3 Å². The Bertz CT molecular complexity index is 917. The predicted octanol–water partition coefficient (Wildman–Crippen LogP) is 4.24. The number of carboxylic acids is 1. The molecule has 5 nitrogen and oxygen atoms in total. The largest absolute Gasteiger partial charge is 0.493 e. The van der Waals surface area contributed by atoms with Crippen molar-refractivity contribution in [3.8, 4) is 22.8 Å². The third-order valence-electron chi connectivity index (χ3n) is 3.88. The fourth-order valence-electron chi connectivity index (χ4n) is 2.81. The Morgan fingerprint density at radius 2 is 1.83 bits per heavy atom. The van der Waals surface area contributed by atoms with Crippen molar-refractivity contribution in [3.63, 3.8) is 0 Å². The smallest absolute Gasteiger partial charge is 0.307 e. The van der Waals surface area contributed by atoms with Crippen LogP contribution in [-0.4, -0.2) is 30.3 Å². The molecule has 6 heteroatoms. The van der Waals surface area contributed by atoms with Crippen LogP contribution in [0.2, 0.25) is 0 Å². The lowest BCUT2D eigenvalue weighted by atomic mass is 10.0. The number of hydrogen-bond acceptors (Lipinski definition) is 3. The van der Waals surface area contributed by atoms with Gasteiger partial charge in [-0.15, -0.1) is 0 Å². The van der Waals surface area contributed by atoms with Crippen molar-refractivity contribution in [1.82, 2.24) is 4.98 Å². The third kappa shape index (κ3) is 2.85. The maximum absolute atomic E-state index is 11.3. The number of halogens is 1. The normalized spacial score (nSPS) is 10.8. The van der Waals surface area contributed by atoms with Gasteiger partial charge < -0.3 is 19.6 Å². The topological polar surface area (TPSA) is 71.6 Å². The second kappa shape index (κ2) is 6.57. The van der Waals surface area contributed by atoms with E-state index in [2.05, 4.69) is 20.9 Å². The Balaban J connectivity index is 2.27. The number of para-hydroxylation sites is 1. The Morgan fingerprint density at radius 3 is 2.50 bits per heavy atom. The zero-order valence-corrected chi connectivity index (χ0v) is 14.8. The number of fused-ring (bicyclic) bond motifs is 1. The summed E-state index contributed by atoms with van der Waals surface area (Å²) >= 11 is 3.54. The van der Waals surface area contributed by atoms with E-state index >= 15 is 0 Å². The van der Waals surface area contributed by atoms with E-state index in [1.807, 2.05) is 36.4 Å². The van der Waals surface area contributed by atoms with Gasteiger partial charge in [-0.1, -0.05) is 18.2 Å². The first-order valence-corrected chi connectivity index (χ1v) is 8.07. The molecular weight excluding hydrogens is 374 g/mol. The highest BCUT2D eigenvalue weighted by Gasteiger charge is 2.19. The molecule has 3 aromatic rings. The average molecular weight is 390 g/mol. The number of aromatic amines is 1. The molecule has 3 rings (SSSR count). The van der Waals surface area contributed by atoms with Crippen LogP contribution in [0.5, 0.6) is 11.5 Å². The summed E-state index contributed by atoms with van der Waals surface area (Å²) in [7, 11) is 3.14. The van der Waals surface area contributed by atoms with Gasteiger partial charge in [-0.2, -0.15) is 0 Å². The zero-order chi connectivity index (χ0) is 17.3. The van der Waals surface area contributed by atoms with Crippen molar-refractivity contribution in [2.45, 2.75) is 6.42 Å². The Morgan fingerprint density at radius 1 is 1.17 bits per heavy atom. The van der Waals surface area contributed by atoms with E-state index in [1.165, 1.54) is 0 Å². The molecule has 124 valence electrons. The van der Waals surface area contributed by atoms with Gasteiger partial charge in [0.2, 0.25) is 0 Å². The SMILES string of the molecule is COc1cc(Br)c(-c2[nH]c3ccccc3c2CC(=O)O)cc1OC. The van der Waals surface area contributed by atoms with Crippen LogP contribution in [-0.2, 0) is 11.2 Å². The van der Waals surface area contributed by atoms with Crippen LogP contribution in [0.4, 0.5) is 0 Å². The number of methoxy groups -OCH3 is 2. The lowest BCUT2D eigenvalue weighted by Gasteiger charge is -2.12. The fraction of sp³-hybridized carbons (Fsp3) is 0.167. The van der Waals surface area contributed by atoms with E-state index in [1.54, 1.807) is 14.2 Å². The molecule has 24 heavy (non-hydrogen) atoms. The first kappa shape index (κ1) is 16.4. The number of carbonyl (C=O) groups is 1. The minimum atomic E-state index is -0.877. The van der Waals surface area contributed by atoms with Crippen molar-refractivity contribution < 1.29 is 19.4 Å². The van der Waals surface area contributed by atoms with Crippen LogP contribution in [0.25, 0.3) is 22.2 Å². The second-order valence-electron chi connectivity index (χ2n) is 5.28. The molecule has 0 bridgehead atoms. The molecule has 0 aliphatic carbocycles. The highest BCUT2D eigenvalue weighted by Crippen LogP contribution is 2.41. The van der Waals surface area contributed by atoms with E-state index in [4.69, 9.17) is 9.47 Å². The number of ether oxygens (including phenoxy) is 2. The van der Waals surface area contributed by atoms with E-state index in [0.29, 0.717) is 11.5 Å². The summed E-state index contributed by atoms with van der Waals surface area (Å²) in [5.74, 6) is 0.303. The van der Waals surface area contributed by atoms with Gasteiger partial charge in [0.15, 0.2) is 11.5 Å². The Hall–Kier alpha value is -2.47. The fourth-order valence-corrected chi connectivity index (χ4v) is 3.33. The molecule has 1 heterocycles. The van der Waals surface area contributed by atoms with Gasteiger partial charge in [-0.3, -0.25) is 4.79 Å².